The molecule has 1 atom stereocenters. The van der Waals surface area contributed by atoms with Gasteiger partial charge in [0.15, 0.2) is 11.5 Å². The Morgan fingerprint density at radius 2 is 2.05 bits per heavy atom. The lowest BCUT2D eigenvalue weighted by Gasteiger charge is -2.24. The highest BCUT2D eigenvalue weighted by atomic mass is 16.5. The van der Waals surface area contributed by atoms with E-state index in [-0.39, 0.29) is 11.7 Å². The summed E-state index contributed by atoms with van der Waals surface area (Å²) in [5.74, 6) is 0.167. The van der Waals surface area contributed by atoms with Crippen LogP contribution >= 0.6 is 0 Å². The first-order valence-corrected chi connectivity index (χ1v) is 6.19. The Kier molecular flexibility index (Phi) is 4.24. The number of hydrogen-bond acceptors (Lipinski definition) is 6. The van der Waals surface area contributed by atoms with E-state index in [4.69, 9.17) is 0 Å². The van der Waals surface area contributed by atoms with Crippen molar-refractivity contribution < 1.29 is 9.53 Å². The minimum absolute atomic E-state index is 0.0504. The van der Waals surface area contributed by atoms with Gasteiger partial charge in [-0.1, -0.05) is 6.07 Å². The van der Waals surface area contributed by atoms with E-state index in [0.29, 0.717) is 5.82 Å². The normalized spacial score (nSPS) is 11.8. The van der Waals surface area contributed by atoms with Crippen molar-refractivity contribution in [3.05, 3.63) is 47.9 Å². The first-order chi connectivity index (χ1) is 9.63. The summed E-state index contributed by atoms with van der Waals surface area (Å²) in [4.78, 5) is 17.6. The number of nitrogens with zero attached hydrogens (tertiary/aromatic N) is 4. The van der Waals surface area contributed by atoms with Gasteiger partial charge in [-0.15, -0.1) is 10.2 Å². The van der Waals surface area contributed by atoms with Crippen LogP contribution in [0, 0.1) is 0 Å². The molecule has 104 valence electrons. The largest absolute Gasteiger partial charge is 0.464 e. The second kappa shape index (κ2) is 6.10. The highest BCUT2D eigenvalue weighted by Crippen LogP contribution is 2.21. The van der Waals surface area contributed by atoms with E-state index in [1.165, 1.54) is 7.11 Å². The molecule has 6 nitrogen and oxygen atoms in total. The summed E-state index contributed by atoms with van der Waals surface area (Å²) in [6.45, 7) is 2.03. The van der Waals surface area contributed by atoms with E-state index < -0.39 is 5.97 Å². The van der Waals surface area contributed by atoms with Gasteiger partial charge < -0.3 is 9.64 Å². The van der Waals surface area contributed by atoms with Gasteiger partial charge in [0.25, 0.3) is 0 Å². The van der Waals surface area contributed by atoms with Gasteiger partial charge in [0.05, 0.1) is 18.8 Å². The molecule has 2 aromatic heterocycles. The molecule has 0 N–H and O–H groups in total. The number of esters is 1. The van der Waals surface area contributed by atoms with E-state index in [1.54, 1.807) is 18.3 Å². The second-order valence-electron chi connectivity index (χ2n) is 4.31. The number of carbonyl (C=O) groups excluding carboxylic acids is 1. The molecule has 0 aliphatic rings. The smallest absolute Gasteiger partial charge is 0.358 e. The number of pyridine rings is 1. The van der Waals surface area contributed by atoms with Crippen molar-refractivity contribution in [3.63, 3.8) is 0 Å². The maximum atomic E-state index is 11.3. The van der Waals surface area contributed by atoms with E-state index in [1.807, 2.05) is 37.1 Å². The van der Waals surface area contributed by atoms with Gasteiger partial charge in [0.1, 0.15) is 0 Å². The fourth-order valence-corrected chi connectivity index (χ4v) is 1.75. The number of rotatable bonds is 4. The lowest BCUT2D eigenvalue weighted by Crippen LogP contribution is -2.24. The van der Waals surface area contributed by atoms with Crippen molar-refractivity contribution in [2.24, 2.45) is 0 Å². The highest BCUT2D eigenvalue weighted by molar-refractivity contribution is 5.86. The summed E-state index contributed by atoms with van der Waals surface area (Å²) >= 11 is 0. The summed E-state index contributed by atoms with van der Waals surface area (Å²) in [6, 6.07) is 9.15. The van der Waals surface area contributed by atoms with Crippen molar-refractivity contribution in [1.29, 1.82) is 0 Å². The van der Waals surface area contributed by atoms with Gasteiger partial charge in [-0.2, -0.15) is 0 Å². The summed E-state index contributed by atoms with van der Waals surface area (Å²) in [6.07, 6.45) is 1.76. The Hall–Kier alpha value is -2.50. The average Bonchev–Trinajstić information content (AvgIpc) is 2.53. The number of methoxy groups -OCH3 is 1. The third kappa shape index (κ3) is 2.90. The molecule has 0 saturated carbocycles. The van der Waals surface area contributed by atoms with Gasteiger partial charge in [-0.3, -0.25) is 4.98 Å². The Balaban J connectivity index is 2.17. The van der Waals surface area contributed by atoms with E-state index in [2.05, 4.69) is 19.9 Å². The summed E-state index contributed by atoms with van der Waals surface area (Å²) in [7, 11) is 3.22. The van der Waals surface area contributed by atoms with Gasteiger partial charge in [0, 0.05) is 13.2 Å². The van der Waals surface area contributed by atoms with E-state index >= 15 is 0 Å². The molecule has 0 aliphatic carbocycles. The summed E-state index contributed by atoms with van der Waals surface area (Å²) in [5, 5.41) is 7.90. The highest BCUT2D eigenvalue weighted by Gasteiger charge is 2.16. The van der Waals surface area contributed by atoms with Crippen molar-refractivity contribution in [1.82, 2.24) is 15.2 Å². The van der Waals surface area contributed by atoms with Crippen LogP contribution in [0.25, 0.3) is 0 Å². The molecule has 2 heterocycles. The third-order valence-corrected chi connectivity index (χ3v) is 3.10. The molecule has 0 spiro atoms. The standard InChI is InChI=1S/C14H16N4O2/c1-10(11-6-4-5-9-15-11)18(2)13-8-7-12(16-17-13)14(19)20-3/h4-10H,1-3H3/t10-/m0/s1. The predicted octanol–water partition coefficient (Wildman–Crippen LogP) is 1.86. The molecule has 0 fully saturated rings. The van der Waals surface area contributed by atoms with Crippen molar-refractivity contribution in [2.45, 2.75) is 13.0 Å². The van der Waals surface area contributed by atoms with Crippen LogP contribution in [0.2, 0.25) is 0 Å². The topological polar surface area (TPSA) is 68.2 Å². The van der Waals surface area contributed by atoms with Crippen molar-refractivity contribution >= 4 is 11.8 Å². The molecule has 0 amide bonds. The quantitative estimate of drug-likeness (QED) is 0.791. The first-order valence-electron chi connectivity index (χ1n) is 6.19. The zero-order valence-electron chi connectivity index (χ0n) is 11.6. The Labute approximate surface area is 117 Å². The van der Waals surface area contributed by atoms with Crippen LogP contribution in [0.5, 0.6) is 0 Å². The zero-order valence-corrected chi connectivity index (χ0v) is 11.6. The fraction of sp³-hybridized carbons (Fsp3) is 0.286. The van der Waals surface area contributed by atoms with E-state index in [9.17, 15) is 4.79 Å². The lowest BCUT2D eigenvalue weighted by molar-refractivity contribution is 0.0592. The summed E-state index contributed by atoms with van der Waals surface area (Å²) < 4.78 is 4.59. The number of anilines is 1. The predicted molar refractivity (Wildman–Crippen MR) is 74.4 cm³/mol. The van der Waals surface area contributed by atoms with Crippen LogP contribution in [-0.4, -0.2) is 35.3 Å². The molecule has 2 rings (SSSR count). The molecule has 20 heavy (non-hydrogen) atoms. The molecule has 0 bridgehead atoms. The molecular formula is C14H16N4O2. The Morgan fingerprint density at radius 3 is 2.60 bits per heavy atom. The second-order valence-corrected chi connectivity index (χ2v) is 4.31. The maximum Gasteiger partial charge on any atom is 0.358 e. The number of carbonyl (C=O) groups is 1. The molecule has 6 heteroatoms. The fourth-order valence-electron chi connectivity index (χ4n) is 1.75. The van der Waals surface area contributed by atoms with Crippen LogP contribution in [0.3, 0.4) is 0 Å². The number of hydrogen-bond donors (Lipinski definition) is 0. The number of aromatic nitrogens is 3. The molecule has 0 aliphatic heterocycles. The van der Waals surface area contributed by atoms with Crippen LogP contribution in [0.1, 0.15) is 29.1 Å². The lowest BCUT2D eigenvalue weighted by atomic mass is 10.2. The van der Waals surface area contributed by atoms with Crippen molar-refractivity contribution in [3.8, 4) is 0 Å². The molecule has 0 unspecified atom stereocenters. The Morgan fingerprint density at radius 1 is 1.25 bits per heavy atom. The van der Waals surface area contributed by atoms with Crippen LogP contribution in [0.4, 0.5) is 5.82 Å². The molecule has 0 saturated heterocycles. The van der Waals surface area contributed by atoms with Gasteiger partial charge >= 0.3 is 5.97 Å². The molecule has 2 aromatic rings. The van der Waals surface area contributed by atoms with Crippen LogP contribution < -0.4 is 4.90 Å². The Bertz CT molecular complexity index is 571. The summed E-state index contributed by atoms with van der Waals surface area (Å²) in [5.41, 5.74) is 1.13. The van der Waals surface area contributed by atoms with Crippen LogP contribution in [0.15, 0.2) is 36.5 Å². The SMILES string of the molecule is COC(=O)c1ccc(N(C)[C@@H](C)c2ccccn2)nn1. The van der Waals surface area contributed by atoms with Crippen LogP contribution in [-0.2, 0) is 4.74 Å². The van der Waals surface area contributed by atoms with Gasteiger partial charge in [0.2, 0.25) is 0 Å². The first kappa shape index (κ1) is 13.9. The molecule has 0 radical (unpaired) electrons. The van der Waals surface area contributed by atoms with Gasteiger partial charge in [-0.05, 0) is 31.2 Å². The minimum Gasteiger partial charge on any atom is -0.464 e. The van der Waals surface area contributed by atoms with Crippen molar-refractivity contribution in [2.75, 3.05) is 19.1 Å². The third-order valence-electron chi connectivity index (χ3n) is 3.10. The number of ether oxygens (including phenoxy) is 1. The molecular weight excluding hydrogens is 256 g/mol. The molecule has 0 aromatic carbocycles. The maximum absolute atomic E-state index is 11.3. The zero-order chi connectivity index (χ0) is 14.5. The van der Waals surface area contributed by atoms with Gasteiger partial charge in [-0.25, -0.2) is 4.79 Å². The monoisotopic (exact) mass is 272 g/mol. The minimum atomic E-state index is -0.496. The average molecular weight is 272 g/mol. The van der Waals surface area contributed by atoms with E-state index in [0.717, 1.165) is 5.69 Å².